The van der Waals surface area contributed by atoms with Crippen LogP contribution in [0, 0.1) is 11.8 Å². The van der Waals surface area contributed by atoms with Crippen molar-refractivity contribution in [1.82, 2.24) is 4.90 Å². The van der Waals surface area contributed by atoms with Crippen molar-refractivity contribution in [2.24, 2.45) is 17.6 Å². The first kappa shape index (κ1) is 12.7. The zero-order valence-electron chi connectivity index (χ0n) is 8.76. The zero-order chi connectivity index (χ0) is 11.5. The third-order valence-corrected chi connectivity index (χ3v) is 2.76. The summed E-state index contributed by atoms with van der Waals surface area (Å²) in [6.45, 7) is 1.55. The van der Waals surface area contributed by atoms with Gasteiger partial charge in [0.2, 0.25) is 0 Å². The number of ether oxygens (including phenoxy) is 1. The van der Waals surface area contributed by atoms with E-state index in [1.807, 2.05) is 0 Å². The number of likely N-dealkylation sites (tertiary alicyclic amines) is 1. The Labute approximate surface area is 87.4 Å². The Hall–Kier alpha value is -0.330. The minimum Gasteiger partial charge on any atom is -0.384 e. The zero-order valence-corrected chi connectivity index (χ0v) is 8.76. The smallest absolute Gasteiger partial charge is 0.384 e. The molecule has 1 aliphatic rings. The molecule has 0 aliphatic carbocycles. The van der Waals surface area contributed by atoms with Crippen LogP contribution in [0.25, 0.3) is 0 Å². The van der Waals surface area contributed by atoms with Gasteiger partial charge in [0.1, 0.15) is 0 Å². The molecule has 1 aliphatic heterocycles. The quantitative estimate of drug-likeness (QED) is 0.767. The molecular weight excluding hydrogens is 209 g/mol. The van der Waals surface area contributed by atoms with E-state index in [1.165, 1.54) is 7.11 Å². The number of nitrogens with zero attached hydrogens (tertiary/aromatic N) is 1. The van der Waals surface area contributed by atoms with E-state index < -0.39 is 18.0 Å². The van der Waals surface area contributed by atoms with Gasteiger partial charge in [0.25, 0.3) is 0 Å². The van der Waals surface area contributed by atoms with Gasteiger partial charge < -0.3 is 15.4 Å². The number of methoxy groups -OCH3 is 1. The van der Waals surface area contributed by atoms with E-state index in [9.17, 15) is 13.2 Å². The van der Waals surface area contributed by atoms with Gasteiger partial charge in [0.15, 0.2) is 0 Å². The Balaban J connectivity index is 2.59. The van der Waals surface area contributed by atoms with Crippen molar-refractivity contribution in [2.75, 3.05) is 39.9 Å². The molecule has 0 aromatic rings. The maximum Gasteiger partial charge on any atom is 0.393 e. The summed E-state index contributed by atoms with van der Waals surface area (Å²) in [4.78, 5) is 1.75. The van der Waals surface area contributed by atoms with E-state index in [1.54, 1.807) is 4.90 Å². The lowest BCUT2D eigenvalue weighted by atomic mass is 9.96. The summed E-state index contributed by atoms with van der Waals surface area (Å²) < 4.78 is 42.7. The predicted octanol–water partition coefficient (Wildman–Crippen LogP) is 0.702. The Morgan fingerprint density at radius 3 is 2.53 bits per heavy atom. The van der Waals surface area contributed by atoms with Crippen molar-refractivity contribution in [3.8, 4) is 0 Å². The second kappa shape index (κ2) is 5.14. The highest BCUT2D eigenvalue weighted by molar-refractivity contribution is 4.88. The van der Waals surface area contributed by atoms with Crippen LogP contribution in [0.4, 0.5) is 13.2 Å². The van der Waals surface area contributed by atoms with Crippen molar-refractivity contribution >= 4 is 0 Å². The molecule has 6 heteroatoms. The molecule has 3 nitrogen and oxygen atoms in total. The number of hydrogen-bond acceptors (Lipinski definition) is 3. The molecule has 2 N–H and O–H groups in total. The fourth-order valence-electron chi connectivity index (χ4n) is 2.08. The topological polar surface area (TPSA) is 38.5 Å². The predicted molar refractivity (Wildman–Crippen MR) is 50.4 cm³/mol. The Morgan fingerprint density at radius 2 is 2.07 bits per heavy atom. The molecule has 0 saturated carbocycles. The summed E-state index contributed by atoms with van der Waals surface area (Å²) in [5.74, 6) is -1.73. The monoisotopic (exact) mass is 226 g/mol. The van der Waals surface area contributed by atoms with Crippen LogP contribution in [0.2, 0.25) is 0 Å². The van der Waals surface area contributed by atoms with E-state index in [4.69, 9.17) is 10.5 Å². The van der Waals surface area contributed by atoms with E-state index in [0.29, 0.717) is 19.6 Å². The third-order valence-electron chi connectivity index (χ3n) is 2.76. The number of halogens is 3. The number of nitrogens with two attached hydrogens (primary N) is 1. The van der Waals surface area contributed by atoms with E-state index in [2.05, 4.69) is 0 Å². The van der Waals surface area contributed by atoms with Gasteiger partial charge in [-0.15, -0.1) is 0 Å². The van der Waals surface area contributed by atoms with Gasteiger partial charge in [-0.05, 0) is 0 Å². The highest BCUT2D eigenvalue weighted by Crippen LogP contribution is 2.37. The first-order chi connectivity index (χ1) is 6.99. The molecule has 2 atom stereocenters. The van der Waals surface area contributed by atoms with Crippen molar-refractivity contribution in [3.63, 3.8) is 0 Å². The molecule has 0 amide bonds. The molecule has 1 fully saturated rings. The minimum absolute atomic E-state index is 0.0503. The lowest BCUT2D eigenvalue weighted by Gasteiger charge is -2.20. The summed E-state index contributed by atoms with van der Waals surface area (Å²) in [6, 6.07) is 0. The largest absolute Gasteiger partial charge is 0.393 e. The average molecular weight is 226 g/mol. The van der Waals surface area contributed by atoms with Gasteiger partial charge in [-0.3, -0.25) is 0 Å². The molecule has 0 spiro atoms. The van der Waals surface area contributed by atoms with Crippen LogP contribution >= 0.6 is 0 Å². The molecular formula is C9H17F3N2O. The highest BCUT2D eigenvalue weighted by Gasteiger charge is 2.49. The molecule has 90 valence electrons. The third kappa shape index (κ3) is 3.32. The van der Waals surface area contributed by atoms with Crippen LogP contribution in [0.15, 0.2) is 0 Å². The summed E-state index contributed by atoms with van der Waals surface area (Å²) in [6.07, 6.45) is -4.13. The van der Waals surface area contributed by atoms with E-state index in [0.717, 1.165) is 0 Å². The maximum atomic E-state index is 12.6. The van der Waals surface area contributed by atoms with Crippen molar-refractivity contribution in [3.05, 3.63) is 0 Å². The van der Waals surface area contributed by atoms with Gasteiger partial charge in [-0.1, -0.05) is 0 Å². The van der Waals surface area contributed by atoms with Crippen molar-refractivity contribution < 1.29 is 17.9 Å². The SMILES string of the molecule is COC[C@H]1CN(CCN)C[C@H]1C(F)(F)F. The average Bonchev–Trinajstić information content (AvgIpc) is 2.49. The maximum absolute atomic E-state index is 12.6. The number of hydrogen-bond donors (Lipinski definition) is 1. The van der Waals surface area contributed by atoms with Crippen LogP contribution < -0.4 is 5.73 Å². The fourth-order valence-corrected chi connectivity index (χ4v) is 2.08. The first-order valence-electron chi connectivity index (χ1n) is 4.97. The molecule has 1 heterocycles. The molecule has 0 bridgehead atoms. The van der Waals surface area contributed by atoms with E-state index >= 15 is 0 Å². The van der Waals surface area contributed by atoms with Crippen LogP contribution in [0.5, 0.6) is 0 Å². The van der Waals surface area contributed by atoms with Crippen LogP contribution in [-0.4, -0.2) is 51.0 Å². The van der Waals surface area contributed by atoms with Crippen LogP contribution in [0.3, 0.4) is 0 Å². The lowest BCUT2D eigenvalue weighted by molar-refractivity contribution is -0.183. The van der Waals surface area contributed by atoms with E-state index in [-0.39, 0.29) is 13.2 Å². The second-order valence-electron chi connectivity index (χ2n) is 3.91. The Bertz CT molecular complexity index is 198. The summed E-state index contributed by atoms with van der Waals surface area (Å²) in [5.41, 5.74) is 5.33. The molecule has 15 heavy (non-hydrogen) atoms. The molecule has 0 aromatic heterocycles. The van der Waals surface area contributed by atoms with Gasteiger partial charge in [-0.2, -0.15) is 13.2 Å². The van der Waals surface area contributed by atoms with Gasteiger partial charge >= 0.3 is 6.18 Å². The van der Waals surface area contributed by atoms with Crippen LogP contribution in [0.1, 0.15) is 0 Å². The summed E-state index contributed by atoms with van der Waals surface area (Å²) in [7, 11) is 1.43. The summed E-state index contributed by atoms with van der Waals surface area (Å²) >= 11 is 0. The fraction of sp³-hybridized carbons (Fsp3) is 1.00. The standard InChI is InChI=1S/C9H17F3N2O/c1-15-6-7-4-14(3-2-13)5-8(7)9(10,11)12/h7-8H,2-6,13H2,1H3/t7-,8-/m1/s1. The molecule has 0 unspecified atom stereocenters. The minimum atomic E-state index is -4.13. The van der Waals surface area contributed by atoms with Crippen molar-refractivity contribution in [2.45, 2.75) is 6.18 Å². The van der Waals surface area contributed by atoms with Gasteiger partial charge in [-0.25, -0.2) is 0 Å². The molecule has 1 saturated heterocycles. The lowest BCUT2D eigenvalue weighted by Crippen LogP contribution is -2.32. The molecule has 1 rings (SSSR count). The second-order valence-corrected chi connectivity index (χ2v) is 3.91. The number of rotatable bonds is 4. The normalized spacial score (nSPS) is 28.6. The van der Waals surface area contributed by atoms with Crippen LogP contribution in [-0.2, 0) is 4.74 Å². The van der Waals surface area contributed by atoms with Crippen molar-refractivity contribution in [1.29, 1.82) is 0 Å². The highest BCUT2D eigenvalue weighted by atomic mass is 19.4. The Kier molecular flexibility index (Phi) is 4.36. The Morgan fingerprint density at radius 1 is 1.40 bits per heavy atom. The summed E-state index contributed by atoms with van der Waals surface area (Å²) in [5, 5.41) is 0. The molecule has 0 radical (unpaired) electrons. The van der Waals surface area contributed by atoms with Gasteiger partial charge in [0.05, 0.1) is 12.5 Å². The van der Waals surface area contributed by atoms with Gasteiger partial charge in [0, 0.05) is 39.2 Å². The first-order valence-corrected chi connectivity index (χ1v) is 4.97. The molecule has 0 aromatic carbocycles. The number of alkyl halides is 3.